The molecule has 43 heavy (non-hydrogen) atoms. The molecule has 0 aliphatic heterocycles. The molecule has 0 saturated carbocycles. The highest BCUT2D eigenvalue weighted by Gasteiger charge is 2.19. The van der Waals surface area contributed by atoms with Crippen LogP contribution in [-0.2, 0) is 0 Å². The average molecular weight is 548 g/mol. The van der Waals surface area contributed by atoms with Gasteiger partial charge in [-0.3, -0.25) is 4.57 Å². The molecule has 0 aliphatic carbocycles. The fourth-order valence-corrected chi connectivity index (χ4v) is 6.14. The first kappa shape index (κ1) is 24.8. The molecule has 0 N–H and O–H groups in total. The zero-order valence-corrected chi connectivity index (χ0v) is 23.3. The molecule has 0 radical (unpaired) electrons. The molecule has 7 aromatic carbocycles. The number of hydrogen-bond acceptors (Lipinski definition) is 2. The third kappa shape index (κ3) is 4.25. The Kier molecular flexibility index (Phi) is 5.84. The lowest BCUT2D eigenvalue weighted by molar-refractivity contribution is 1.10. The quantitative estimate of drug-likeness (QED) is 0.220. The molecule has 0 unspecified atom stereocenters. The number of nitriles is 1. The van der Waals surface area contributed by atoms with Crippen molar-refractivity contribution >= 4 is 32.6 Å². The van der Waals surface area contributed by atoms with E-state index >= 15 is 0 Å². The van der Waals surface area contributed by atoms with Gasteiger partial charge < -0.3 is 0 Å². The maximum absolute atomic E-state index is 9.25. The predicted octanol–water partition coefficient (Wildman–Crippen LogP) is 10.2. The first-order valence-corrected chi connectivity index (χ1v) is 14.4. The van der Waals surface area contributed by atoms with Crippen LogP contribution in [0.15, 0.2) is 152 Å². The molecule has 0 atom stereocenters. The second-order valence-electron chi connectivity index (χ2n) is 10.8. The second-order valence-corrected chi connectivity index (χ2v) is 10.8. The molecule has 0 saturated heterocycles. The molecule has 0 amide bonds. The SMILES string of the molecule is N#Cc1ccc(-c2cccc3cc(-c4cc5ccccc5cc4-c4nc5ccccc5n4-c4ccccc4)ccc23)cc1. The van der Waals surface area contributed by atoms with Crippen molar-refractivity contribution in [2.24, 2.45) is 0 Å². The highest BCUT2D eigenvalue weighted by atomic mass is 15.1. The molecule has 8 aromatic rings. The topological polar surface area (TPSA) is 41.6 Å². The number of hydrogen-bond donors (Lipinski definition) is 0. The lowest BCUT2D eigenvalue weighted by Gasteiger charge is -2.16. The van der Waals surface area contributed by atoms with Gasteiger partial charge in [-0.05, 0) is 98.4 Å². The highest BCUT2D eigenvalue weighted by molar-refractivity contribution is 6.02. The summed E-state index contributed by atoms with van der Waals surface area (Å²) in [7, 11) is 0. The summed E-state index contributed by atoms with van der Waals surface area (Å²) in [6.45, 7) is 0. The average Bonchev–Trinajstić information content (AvgIpc) is 3.47. The zero-order chi connectivity index (χ0) is 28.8. The van der Waals surface area contributed by atoms with Crippen molar-refractivity contribution in [1.29, 1.82) is 5.26 Å². The van der Waals surface area contributed by atoms with Crippen LogP contribution >= 0.6 is 0 Å². The van der Waals surface area contributed by atoms with Gasteiger partial charge in [-0.1, -0.05) is 97.1 Å². The van der Waals surface area contributed by atoms with E-state index in [-0.39, 0.29) is 0 Å². The largest absolute Gasteiger partial charge is 0.292 e. The summed E-state index contributed by atoms with van der Waals surface area (Å²) >= 11 is 0. The van der Waals surface area contributed by atoms with Gasteiger partial charge >= 0.3 is 0 Å². The Balaban J connectivity index is 1.37. The maximum Gasteiger partial charge on any atom is 0.146 e. The van der Waals surface area contributed by atoms with E-state index in [1.165, 1.54) is 16.2 Å². The van der Waals surface area contributed by atoms with Crippen molar-refractivity contribution in [3.05, 3.63) is 157 Å². The molecule has 0 fully saturated rings. The molecule has 3 heteroatoms. The van der Waals surface area contributed by atoms with E-state index in [1.54, 1.807) is 0 Å². The monoisotopic (exact) mass is 547 g/mol. The molecule has 3 nitrogen and oxygen atoms in total. The molecular formula is C40H25N3. The molecule has 0 spiro atoms. The smallest absolute Gasteiger partial charge is 0.146 e. The number of nitrogens with zero attached hydrogens (tertiary/aromatic N) is 3. The third-order valence-corrected chi connectivity index (χ3v) is 8.22. The van der Waals surface area contributed by atoms with Gasteiger partial charge in [-0.25, -0.2) is 4.98 Å². The number of fused-ring (bicyclic) bond motifs is 3. The normalized spacial score (nSPS) is 11.2. The fourth-order valence-electron chi connectivity index (χ4n) is 6.14. The highest BCUT2D eigenvalue weighted by Crippen LogP contribution is 2.40. The second kappa shape index (κ2) is 10.1. The third-order valence-electron chi connectivity index (χ3n) is 8.22. The van der Waals surface area contributed by atoms with Crippen molar-refractivity contribution in [2.75, 3.05) is 0 Å². The van der Waals surface area contributed by atoms with Crippen LogP contribution in [0.2, 0.25) is 0 Å². The zero-order valence-electron chi connectivity index (χ0n) is 23.3. The molecular weight excluding hydrogens is 522 g/mol. The number of benzene rings is 7. The summed E-state index contributed by atoms with van der Waals surface area (Å²) in [6, 6.07) is 55.1. The van der Waals surface area contributed by atoms with Crippen molar-refractivity contribution in [1.82, 2.24) is 9.55 Å². The summed E-state index contributed by atoms with van der Waals surface area (Å²) in [6.07, 6.45) is 0. The summed E-state index contributed by atoms with van der Waals surface area (Å²) in [5.74, 6) is 0.916. The standard InChI is InChI=1S/C40H25N3/c41-26-27-17-19-28(20-18-27)34-14-8-11-31-23-32(21-22-35(31)34)36-24-29-9-4-5-10-30(29)25-37(36)40-42-38-15-6-7-16-39(38)43(40)33-12-2-1-3-13-33/h1-25H. The van der Waals surface area contributed by atoms with E-state index in [0.717, 1.165) is 55.7 Å². The van der Waals surface area contributed by atoms with Crippen LogP contribution in [0.1, 0.15) is 5.56 Å². The minimum Gasteiger partial charge on any atom is -0.292 e. The molecule has 8 rings (SSSR count). The predicted molar refractivity (Wildman–Crippen MR) is 177 cm³/mol. The fraction of sp³-hybridized carbons (Fsp3) is 0. The van der Waals surface area contributed by atoms with Gasteiger partial charge in [-0.2, -0.15) is 5.26 Å². The van der Waals surface area contributed by atoms with Gasteiger partial charge in [0.1, 0.15) is 5.82 Å². The van der Waals surface area contributed by atoms with Crippen molar-refractivity contribution in [2.45, 2.75) is 0 Å². The summed E-state index contributed by atoms with van der Waals surface area (Å²) in [5, 5.41) is 14.0. The van der Waals surface area contributed by atoms with Crippen LogP contribution in [-0.4, -0.2) is 9.55 Å². The molecule has 1 aromatic heterocycles. The number of para-hydroxylation sites is 3. The van der Waals surface area contributed by atoms with Crippen LogP contribution in [0, 0.1) is 11.3 Å². The Morgan fingerprint density at radius 3 is 1.98 bits per heavy atom. The summed E-state index contributed by atoms with van der Waals surface area (Å²) < 4.78 is 2.27. The van der Waals surface area contributed by atoms with Crippen LogP contribution in [0.3, 0.4) is 0 Å². The van der Waals surface area contributed by atoms with Gasteiger partial charge in [0.25, 0.3) is 0 Å². The molecule has 0 bridgehead atoms. The van der Waals surface area contributed by atoms with Crippen molar-refractivity contribution in [3.8, 4) is 45.4 Å². The molecule has 0 aliphatic rings. The molecule has 200 valence electrons. The first-order valence-electron chi connectivity index (χ1n) is 14.4. The minimum absolute atomic E-state index is 0.664. The van der Waals surface area contributed by atoms with E-state index < -0.39 is 0 Å². The number of aromatic nitrogens is 2. The van der Waals surface area contributed by atoms with Gasteiger partial charge in [0.2, 0.25) is 0 Å². The summed E-state index contributed by atoms with van der Waals surface area (Å²) in [4.78, 5) is 5.22. The Labute approximate surface area is 249 Å². The Morgan fingerprint density at radius 1 is 0.512 bits per heavy atom. The van der Waals surface area contributed by atoms with Crippen molar-refractivity contribution in [3.63, 3.8) is 0 Å². The lowest BCUT2D eigenvalue weighted by Crippen LogP contribution is -1.99. The Hall–Kier alpha value is -5.98. The summed E-state index contributed by atoms with van der Waals surface area (Å²) in [5.41, 5.74) is 9.39. The molecule has 1 heterocycles. The minimum atomic E-state index is 0.664. The first-order chi connectivity index (χ1) is 21.3. The van der Waals surface area contributed by atoms with Gasteiger partial charge in [0, 0.05) is 11.3 Å². The van der Waals surface area contributed by atoms with E-state index in [4.69, 9.17) is 4.98 Å². The van der Waals surface area contributed by atoms with Crippen LogP contribution < -0.4 is 0 Å². The van der Waals surface area contributed by atoms with Gasteiger partial charge in [0.15, 0.2) is 0 Å². The number of imidazole rings is 1. The Morgan fingerprint density at radius 2 is 1.19 bits per heavy atom. The van der Waals surface area contributed by atoms with E-state index in [2.05, 4.69) is 126 Å². The Bertz CT molecular complexity index is 2340. The maximum atomic E-state index is 9.25. The van der Waals surface area contributed by atoms with Crippen molar-refractivity contribution < 1.29 is 0 Å². The van der Waals surface area contributed by atoms with Crippen LogP contribution in [0.4, 0.5) is 0 Å². The lowest BCUT2D eigenvalue weighted by atomic mass is 9.91. The van der Waals surface area contributed by atoms with Crippen LogP contribution in [0.25, 0.3) is 71.9 Å². The van der Waals surface area contributed by atoms with Crippen LogP contribution in [0.5, 0.6) is 0 Å². The van der Waals surface area contributed by atoms with E-state index in [1.807, 2.05) is 36.4 Å². The van der Waals surface area contributed by atoms with E-state index in [0.29, 0.717) is 5.56 Å². The van der Waals surface area contributed by atoms with E-state index in [9.17, 15) is 5.26 Å². The number of rotatable bonds is 4. The van der Waals surface area contributed by atoms with Gasteiger partial charge in [0.05, 0.1) is 22.7 Å². The van der Waals surface area contributed by atoms with Gasteiger partial charge in [-0.15, -0.1) is 0 Å².